The molecule has 0 fully saturated rings. The highest BCUT2D eigenvalue weighted by Gasteiger charge is 2.34. The van der Waals surface area contributed by atoms with Crippen LogP contribution in [-0.4, -0.2) is 56.4 Å². The second-order valence-corrected chi connectivity index (χ2v) is 29.9. The lowest BCUT2D eigenvalue weighted by Crippen LogP contribution is -2.30. The van der Waals surface area contributed by atoms with Crippen LogP contribution in [-0.2, 0) is 33.6 Å². The summed E-state index contributed by atoms with van der Waals surface area (Å²) in [6.45, 7) is 12.6. The van der Waals surface area contributed by atoms with Gasteiger partial charge in [-0.05, 0) is 163 Å². The van der Waals surface area contributed by atoms with E-state index in [4.69, 9.17) is 9.72 Å². The van der Waals surface area contributed by atoms with E-state index < -0.39 is 0 Å². The van der Waals surface area contributed by atoms with Gasteiger partial charge >= 0.3 is 0 Å². The van der Waals surface area contributed by atoms with Gasteiger partial charge in [0, 0.05) is 165 Å². The third-order valence-electron chi connectivity index (χ3n) is 23.2. The molecule has 0 N–H and O–H groups in total. The molecule has 2 aliphatic heterocycles. The van der Waals surface area contributed by atoms with Gasteiger partial charge in [0.2, 0.25) is 0 Å². The first-order valence-corrected chi connectivity index (χ1v) is 40.8. The monoisotopic (exact) mass is 1540 g/mol. The summed E-state index contributed by atoms with van der Waals surface area (Å²) in [7, 11) is 12.6. The molecule has 0 saturated heterocycles. The van der Waals surface area contributed by atoms with Crippen LogP contribution in [0, 0.1) is 0 Å². The standard InChI is InChI=1S/C25H18N2.C23H16N4.C16H17N.C13H11NO.C13H11N.C12H10N2.2C2H6/c1-26-22-13-7-5-11-18(22)20-16-25-21(15-24(20)26)19-12-6-8-14-23(19)27(25)17-9-3-2-4-10-17;1-26-18-9-5-11-24-22(18)16-14-21-17(13-20(16)26)23-19(10-6-12-25-23)27(21)15-7-3-2-4-8-15;1-16(2)12-8-4-6-10-14(12)17(3)15-11-7-5-9-13(15)16;1-14-10-6-2-4-8-12(10)15-13-9-5-3-7-11(13)14;1-14-12-8-4-2-6-10(12)11-7-3-5-9-13(11)14;1-14-11-7-3-2-5-9(11)10-6-4-8-13-12(10)14;2*1-2/h2-16H,1H3;2-14H,1H3;4-11H,1-3H3;2-9H,1H3;2-9H,1H3;2-8H,1H3;2*1-2H3. The van der Waals surface area contributed by atoms with Crippen molar-refractivity contribution in [3.63, 3.8) is 0 Å². The molecule has 13 aromatic carbocycles. The lowest BCUT2D eigenvalue weighted by molar-refractivity contribution is 0.475. The minimum atomic E-state index is 0.0830. The van der Waals surface area contributed by atoms with Gasteiger partial charge in [0.15, 0.2) is 11.5 Å². The summed E-state index contributed by atoms with van der Waals surface area (Å²) in [5.74, 6) is 1.83. The summed E-state index contributed by atoms with van der Waals surface area (Å²) < 4.78 is 19.4. The molecule has 0 atom stereocenters. The fraction of sp³-hybridized carbons (Fsp3) is 0.123. The maximum atomic E-state index is 5.81. The largest absolute Gasteiger partial charge is 0.453 e. The summed E-state index contributed by atoms with van der Waals surface area (Å²) in [5, 5.41) is 12.7. The minimum Gasteiger partial charge on any atom is -0.453 e. The molecule has 0 saturated carbocycles. The van der Waals surface area contributed by atoms with E-state index in [1.807, 2.05) is 107 Å². The predicted octanol–water partition coefficient (Wildman–Crippen LogP) is 27.4. The number of anilines is 4. The number of rotatable bonds is 2. The number of ether oxygens (including phenoxy) is 1. The molecule has 118 heavy (non-hydrogen) atoms. The zero-order valence-electron chi connectivity index (χ0n) is 68.9. The van der Waals surface area contributed by atoms with Gasteiger partial charge in [0.25, 0.3) is 0 Å². The SMILES string of the molecule is CC.CC.CN1c2ccccc2C(C)(C)c2ccccc21.CN1c2ccccc2Oc2ccccc21.Cn1c2cc3c4ncccc4n(-c4ccccc4)c3cc2c2ncccc21.Cn1c2ccccc2c2cc3c(cc21)c1ccccc1n3-c1ccccc1.Cn1c2ccccc2c2ccccc21.Cn1c2ccccc2c2cccnc21. The van der Waals surface area contributed by atoms with E-state index in [-0.39, 0.29) is 5.41 Å². The molecule has 0 bridgehead atoms. The number of aryl methyl sites for hydroxylation is 4. The lowest BCUT2D eigenvalue weighted by Gasteiger charge is -2.40. The molecule has 22 aromatic rings. The van der Waals surface area contributed by atoms with Crippen LogP contribution in [0.4, 0.5) is 22.7 Å². The Morgan fingerprint density at radius 2 is 0.542 bits per heavy atom. The molecule has 2 aliphatic rings. The molecule has 9 aromatic heterocycles. The number of hydrogen-bond acceptors (Lipinski definition) is 6. The number of aromatic nitrogens is 9. The summed E-state index contributed by atoms with van der Waals surface area (Å²) in [6.07, 6.45) is 5.56. The first-order chi connectivity index (χ1) is 57.9. The summed E-state index contributed by atoms with van der Waals surface area (Å²) in [5.41, 5.74) is 26.7. The Hall–Kier alpha value is -14.5. The molecule has 580 valence electrons. The van der Waals surface area contributed by atoms with Crippen LogP contribution in [0.3, 0.4) is 0 Å². The van der Waals surface area contributed by atoms with E-state index in [2.05, 4.69) is 382 Å². The zero-order chi connectivity index (χ0) is 81.3. The van der Waals surface area contributed by atoms with Crippen LogP contribution < -0.4 is 14.5 Å². The van der Waals surface area contributed by atoms with Crippen molar-refractivity contribution in [1.29, 1.82) is 0 Å². The third kappa shape index (κ3) is 13.3. The molecule has 0 radical (unpaired) electrons. The quantitative estimate of drug-likeness (QED) is 0.171. The van der Waals surface area contributed by atoms with Gasteiger partial charge in [-0.3, -0.25) is 9.97 Å². The molecular formula is C106H95N11O. The maximum absolute atomic E-state index is 5.81. The van der Waals surface area contributed by atoms with Crippen molar-refractivity contribution in [2.75, 3.05) is 23.9 Å². The first kappa shape index (κ1) is 76.2. The number of para-hydroxylation sites is 13. The Balaban J connectivity index is 0.000000103. The van der Waals surface area contributed by atoms with E-state index in [1.54, 1.807) is 0 Å². The van der Waals surface area contributed by atoms with Gasteiger partial charge in [-0.2, -0.15) is 0 Å². The summed E-state index contributed by atoms with van der Waals surface area (Å²) in [6, 6.07) is 119. The van der Waals surface area contributed by atoms with Crippen LogP contribution in [0.25, 0.3) is 143 Å². The van der Waals surface area contributed by atoms with Crippen molar-refractivity contribution in [2.45, 2.75) is 47.0 Å². The lowest BCUT2D eigenvalue weighted by atomic mass is 9.74. The molecular weight excluding hydrogens is 1440 g/mol. The summed E-state index contributed by atoms with van der Waals surface area (Å²) >= 11 is 0. The van der Waals surface area contributed by atoms with E-state index in [9.17, 15) is 0 Å². The average molecular weight is 1540 g/mol. The molecule has 0 spiro atoms. The van der Waals surface area contributed by atoms with Crippen LogP contribution in [0.1, 0.15) is 52.7 Å². The van der Waals surface area contributed by atoms with E-state index in [1.165, 1.54) is 121 Å². The number of pyridine rings is 3. The Morgan fingerprint density at radius 3 is 1.08 bits per heavy atom. The fourth-order valence-electron chi connectivity index (χ4n) is 17.5. The normalized spacial score (nSPS) is 12.2. The van der Waals surface area contributed by atoms with Gasteiger partial charge in [-0.25, -0.2) is 4.98 Å². The van der Waals surface area contributed by atoms with Crippen LogP contribution in [0.15, 0.2) is 358 Å². The zero-order valence-corrected chi connectivity index (χ0v) is 68.9. The second-order valence-electron chi connectivity index (χ2n) is 29.9. The number of hydrogen-bond donors (Lipinski definition) is 0. The second kappa shape index (κ2) is 32.4. The van der Waals surface area contributed by atoms with Crippen LogP contribution >= 0.6 is 0 Å². The highest BCUT2D eigenvalue weighted by atomic mass is 16.5. The van der Waals surface area contributed by atoms with Gasteiger partial charge in [-0.15, -0.1) is 0 Å². The van der Waals surface area contributed by atoms with Crippen LogP contribution in [0.2, 0.25) is 0 Å². The first-order valence-electron chi connectivity index (χ1n) is 40.8. The predicted molar refractivity (Wildman–Crippen MR) is 501 cm³/mol. The van der Waals surface area contributed by atoms with Gasteiger partial charge in [-0.1, -0.05) is 230 Å². The average Bonchev–Trinajstić information content (AvgIpc) is 1.49. The third-order valence-corrected chi connectivity index (χ3v) is 23.2. The van der Waals surface area contributed by atoms with Crippen molar-refractivity contribution in [1.82, 2.24) is 42.4 Å². The van der Waals surface area contributed by atoms with E-state index in [0.29, 0.717) is 0 Å². The maximum Gasteiger partial charge on any atom is 0.151 e. The number of nitrogens with zero attached hydrogens (tertiary/aromatic N) is 11. The Morgan fingerprint density at radius 1 is 0.237 bits per heavy atom. The van der Waals surface area contributed by atoms with E-state index in [0.717, 1.165) is 67.2 Å². The molecule has 12 nitrogen and oxygen atoms in total. The highest BCUT2D eigenvalue weighted by molar-refractivity contribution is 6.19. The van der Waals surface area contributed by atoms with E-state index >= 15 is 0 Å². The number of benzene rings is 13. The van der Waals surface area contributed by atoms with Gasteiger partial charge in [0.1, 0.15) is 5.65 Å². The van der Waals surface area contributed by atoms with Gasteiger partial charge in [0.05, 0.1) is 61.0 Å². The Bertz CT molecular complexity index is 6880. The van der Waals surface area contributed by atoms with Crippen LogP contribution in [0.5, 0.6) is 11.5 Å². The van der Waals surface area contributed by atoms with Crippen molar-refractivity contribution < 1.29 is 4.74 Å². The molecule has 0 amide bonds. The molecule has 0 unspecified atom stereocenters. The molecule has 0 aliphatic carbocycles. The Kier molecular flexibility index (Phi) is 20.9. The highest BCUT2D eigenvalue weighted by Crippen LogP contribution is 2.49. The van der Waals surface area contributed by atoms with Crippen molar-refractivity contribution in [2.24, 2.45) is 28.2 Å². The molecule has 11 heterocycles. The minimum absolute atomic E-state index is 0.0830. The topological polar surface area (TPSA) is 84.0 Å². The summed E-state index contributed by atoms with van der Waals surface area (Å²) in [4.78, 5) is 18.2. The van der Waals surface area contributed by atoms with Crippen molar-refractivity contribution in [3.05, 3.63) is 369 Å². The van der Waals surface area contributed by atoms with Crippen molar-refractivity contribution >= 4 is 154 Å². The smallest absolute Gasteiger partial charge is 0.151 e. The molecule has 24 rings (SSSR count). The number of fused-ring (bicyclic) bond motifs is 22. The van der Waals surface area contributed by atoms with Crippen molar-refractivity contribution in [3.8, 4) is 22.9 Å². The Labute approximate surface area is 688 Å². The molecule has 12 heteroatoms. The van der Waals surface area contributed by atoms with Gasteiger partial charge < -0.3 is 41.9 Å². The fourth-order valence-corrected chi connectivity index (χ4v) is 17.5.